The first-order chi connectivity index (χ1) is 12.1. The van der Waals surface area contributed by atoms with Gasteiger partial charge in [-0.1, -0.05) is 49.0 Å². The number of rotatable bonds is 3. The number of aromatic amines is 1. The average Bonchev–Trinajstić information content (AvgIpc) is 2.98. The lowest BCUT2D eigenvalue weighted by atomic mass is 10.1. The standard InChI is InChI=1S/C20H19N3OS/c1-4-25-20-22-17-14-9-5-6-10-15(14)21-18(17)19(24)23(20)16-11-7-8-12(2)13(16)3/h5-11,21H,4H2,1-3H3. The topological polar surface area (TPSA) is 50.7 Å². The number of H-pyrrole nitrogens is 1. The summed E-state index contributed by atoms with van der Waals surface area (Å²) in [6, 6.07) is 13.9. The molecule has 0 unspecified atom stereocenters. The number of fused-ring (bicyclic) bond motifs is 3. The van der Waals surface area contributed by atoms with E-state index in [4.69, 9.17) is 4.98 Å². The van der Waals surface area contributed by atoms with E-state index in [-0.39, 0.29) is 5.56 Å². The number of benzene rings is 2. The third-order valence-electron chi connectivity index (χ3n) is 4.58. The van der Waals surface area contributed by atoms with Gasteiger partial charge in [0, 0.05) is 10.9 Å². The van der Waals surface area contributed by atoms with E-state index < -0.39 is 0 Å². The highest BCUT2D eigenvalue weighted by molar-refractivity contribution is 7.99. The number of hydrogen-bond acceptors (Lipinski definition) is 3. The lowest BCUT2D eigenvalue weighted by Gasteiger charge is -2.15. The fourth-order valence-electron chi connectivity index (χ4n) is 3.16. The van der Waals surface area contributed by atoms with Crippen molar-refractivity contribution in [2.75, 3.05) is 5.75 Å². The van der Waals surface area contributed by atoms with Crippen molar-refractivity contribution in [3.8, 4) is 5.69 Å². The summed E-state index contributed by atoms with van der Waals surface area (Å²) in [6.07, 6.45) is 0. The molecule has 0 aliphatic heterocycles. The van der Waals surface area contributed by atoms with Crippen LogP contribution in [-0.4, -0.2) is 20.3 Å². The number of nitrogens with zero attached hydrogens (tertiary/aromatic N) is 2. The minimum absolute atomic E-state index is 0.0501. The van der Waals surface area contributed by atoms with Crippen LogP contribution in [0, 0.1) is 13.8 Å². The molecule has 0 fully saturated rings. The van der Waals surface area contributed by atoms with Crippen LogP contribution < -0.4 is 5.56 Å². The van der Waals surface area contributed by atoms with Gasteiger partial charge in [0.15, 0.2) is 5.16 Å². The van der Waals surface area contributed by atoms with Crippen LogP contribution in [0.5, 0.6) is 0 Å². The molecule has 4 nitrogen and oxygen atoms in total. The largest absolute Gasteiger partial charge is 0.349 e. The average molecular weight is 349 g/mol. The summed E-state index contributed by atoms with van der Waals surface area (Å²) in [5, 5.41) is 1.72. The zero-order chi connectivity index (χ0) is 17.6. The molecular formula is C20H19N3OS. The number of thioether (sulfide) groups is 1. The second kappa shape index (κ2) is 6.08. The van der Waals surface area contributed by atoms with Crippen molar-refractivity contribution >= 4 is 33.7 Å². The summed E-state index contributed by atoms with van der Waals surface area (Å²) < 4.78 is 1.74. The molecule has 4 aromatic rings. The first-order valence-electron chi connectivity index (χ1n) is 8.34. The van der Waals surface area contributed by atoms with Crippen molar-refractivity contribution in [1.82, 2.24) is 14.5 Å². The Bertz CT molecular complexity index is 1160. The minimum Gasteiger partial charge on any atom is -0.349 e. The number of para-hydroxylation sites is 1. The molecule has 0 saturated heterocycles. The molecule has 0 bridgehead atoms. The van der Waals surface area contributed by atoms with Crippen molar-refractivity contribution in [2.45, 2.75) is 25.9 Å². The SMILES string of the molecule is CCSc1nc2c([nH]c3ccccc32)c(=O)n1-c1cccc(C)c1C. The molecular weight excluding hydrogens is 330 g/mol. The number of aryl methyl sites for hydroxylation is 1. The number of aromatic nitrogens is 3. The van der Waals surface area contributed by atoms with Crippen LogP contribution in [0.3, 0.4) is 0 Å². The number of nitrogens with one attached hydrogen (secondary N) is 1. The predicted octanol–water partition coefficient (Wildman–Crippen LogP) is 4.60. The molecule has 5 heteroatoms. The fraction of sp³-hybridized carbons (Fsp3) is 0.200. The highest BCUT2D eigenvalue weighted by atomic mass is 32.2. The molecule has 0 aliphatic rings. The van der Waals surface area contributed by atoms with E-state index in [1.807, 2.05) is 43.3 Å². The van der Waals surface area contributed by atoms with E-state index in [0.717, 1.165) is 44.1 Å². The molecule has 2 aromatic carbocycles. The van der Waals surface area contributed by atoms with Crippen LogP contribution >= 0.6 is 11.8 Å². The van der Waals surface area contributed by atoms with Crippen LogP contribution in [0.4, 0.5) is 0 Å². The first kappa shape index (κ1) is 16.0. The van der Waals surface area contributed by atoms with Gasteiger partial charge < -0.3 is 4.98 Å². The van der Waals surface area contributed by atoms with E-state index in [1.165, 1.54) is 0 Å². The van der Waals surface area contributed by atoms with Gasteiger partial charge in [0.1, 0.15) is 11.0 Å². The minimum atomic E-state index is -0.0501. The van der Waals surface area contributed by atoms with E-state index >= 15 is 0 Å². The highest BCUT2D eigenvalue weighted by Gasteiger charge is 2.18. The summed E-state index contributed by atoms with van der Waals surface area (Å²) in [5.41, 5.74) is 5.35. The van der Waals surface area contributed by atoms with Gasteiger partial charge in [-0.2, -0.15) is 0 Å². The number of hydrogen-bond donors (Lipinski definition) is 1. The van der Waals surface area contributed by atoms with Crippen molar-refractivity contribution in [3.63, 3.8) is 0 Å². The monoisotopic (exact) mass is 349 g/mol. The first-order valence-corrected chi connectivity index (χ1v) is 9.33. The van der Waals surface area contributed by atoms with Crippen molar-refractivity contribution < 1.29 is 0 Å². The van der Waals surface area contributed by atoms with E-state index in [0.29, 0.717) is 5.52 Å². The molecule has 25 heavy (non-hydrogen) atoms. The molecule has 4 rings (SSSR count). The van der Waals surface area contributed by atoms with Gasteiger partial charge in [-0.25, -0.2) is 4.98 Å². The van der Waals surface area contributed by atoms with Crippen LogP contribution in [-0.2, 0) is 0 Å². The van der Waals surface area contributed by atoms with E-state index in [1.54, 1.807) is 16.3 Å². The zero-order valence-electron chi connectivity index (χ0n) is 14.5. The maximum absolute atomic E-state index is 13.3. The van der Waals surface area contributed by atoms with Gasteiger partial charge in [0.05, 0.1) is 5.69 Å². The maximum Gasteiger partial charge on any atom is 0.283 e. The van der Waals surface area contributed by atoms with Crippen LogP contribution in [0.25, 0.3) is 27.6 Å². The molecule has 0 aliphatic carbocycles. The molecule has 0 atom stereocenters. The van der Waals surface area contributed by atoms with Crippen LogP contribution in [0.15, 0.2) is 52.4 Å². The normalized spacial score (nSPS) is 11.5. The Morgan fingerprint density at radius 2 is 1.92 bits per heavy atom. The van der Waals surface area contributed by atoms with Gasteiger partial charge in [-0.05, 0) is 42.9 Å². The Morgan fingerprint density at radius 3 is 2.72 bits per heavy atom. The quantitative estimate of drug-likeness (QED) is 0.434. The highest BCUT2D eigenvalue weighted by Crippen LogP contribution is 2.27. The molecule has 1 N–H and O–H groups in total. The molecule has 0 spiro atoms. The lowest BCUT2D eigenvalue weighted by Crippen LogP contribution is -2.22. The van der Waals surface area contributed by atoms with Gasteiger partial charge in [-0.15, -0.1) is 0 Å². The second-order valence-electron chi connectivity index (χ2n) is 6.08. The summed E-state index contributed by atoms with van der Waals surface area (Å²) in [7, 11) is 0. The van der Waals surface area contributed by atoms with Gasteiger partial charge in [0.25, 0.3) is 5.56 Å². The Morgan fingerprint density at radius 1 is 1.12 bits per heavy atom. The molecule has 0 radical (unpaired) electrons. The molecule has 0 amide bonds. The van der Waals surface area contributed by atoms with Crippen molar-refractivity contribution in [1.29, 1.82) is 0 Å². The van der Waals surface area contributed by atoms with Crippen molar-refractivity contribution in [3.05, 3.63) is 63.9 Å². The molecule has 2 heterocycles. The molecule has 126 valence electrons. The van der Waals surface area contributed by atoms with Gasteiger partial charge in [0.2, 0.25) is 0 Å². The smallest absolute Gasteiger partial charge is 0.283 e. The van der Waals surface area contributed by atoms with E-state index in [9.17, 15) is 4.79 Å². The second-order valence-corrected chi connectivity index (χ2v) is 7.31. The third-order valence-corrected chi connectivity index (χ3v) is 5.41. The Balaban J connectivity index is 2.14. The maximum atomic E-state index is 13.3. The Hall–Kier alpha value is -2.53. The zero-order valence-corrected chi connectivity index (χ0v) is 15.3. The van der Waals surface area contributed by atoms with Gasteiger partial charge in [-0.3, -0.25) is 9.36 Å². The van der Waals surface area contributed by atoms with Crippen LogP contribution in [0.2, 0.25) is 0 Å². The molecule has 0 saturated carbocycles. The molecule has 2 aromatic heterocycles. The third kappa shape index (κ3) is 2.46. The summed E-state index contributed by atoms with van der Waals surface area (Å²) in [5.74, 6) is 0.852. The van der Waals surface area contributed by atoms with Crippen molar-refractivity contribution in [2.24, 2.45) is 0 Å². The predicted molar refractivity (Wildman–Crippen MR) is 105 cm³/mol. The van der Waals surface area contributed by atoms with E-state index in [2.05, 4.69) is 24.9 Å². The summed E-state index contributed by atoms with van der Waals surface area (Å²) in [4.78, 5) is 21.4. The summed E-state index contributed by atoms with van der Waals surface area (Å²) in [6.45, 7) is 6.18. The Labute approximate surface area is 149 Å². The van der Waals surface area contributed by atoms with Crippen LogP contribution in [0.1, 0.15) is 18.1 Å². The lowest BCUT2D eigenvalue weighted by molar-refractivity contribution is 0.812. The fourth-order valence-corrected chi connectivity index (χ4v) is 3.88. The van der Waals surface area contributed by atoms with Gasteiger partial charge >= 0.3 is 0 Å². The summed E-state index contributed by atoms with van der Waals surface area (Å²) >= 11 is 1.59. The Kier molecular flexibility index (Phi) is 3.88.